The van der Waals surface area contributed by atoms with E-state index >= 15 is 0 Å². The number of fused-ring (bicyclic) bond motifs is 1. The molecule has 1 aromatic heterocycles. The molecular weight excluding hydrogens is 206 g/mol. The van der Waals surface area contributed by atoms with E-state index in [1.54, 1.807) is 4.57 Å². The summed E-state index contributed by atoms with van der Waals surface area (Å²) in [6.07, 6.45) is 1.84. The number of rotatable bonds is 2. The molecule has 0 spiro atoms. The van der Waals surface area contributed by atoms with Gasteiger partial charge in [0.1, 0.15) is 0 Å². The molecule has 1 heterocycles. The van der Waals surface area contributed by atoms with E-state index in [0.29, 0.717) is 5.75 Å². The van der Waals surface area contributed by atoms with E-state index in [4.69, 9.17) is 0 Å². The van der Waals surface area contributed by atoms with Crippen LogP contribution in [0.5, 0.6) is 0 Å². The standard InChI is InChI=1S/C12H13NOS/c1-9(8-15)13-7-6-10-4-2-3-5-11(10)12(13)14/h2-7,9,15H,8H2,1H3. The lowest BCUT2D eigenvalue weighted by Crippen LogP contribution is -2.23. The van der Waals surface area contributed by atoms with E-state index in [-0.39, 0.29) is 11.6 Å². The first-order valence-electron chi connectivity index (χ1n) is 4.95. The average molecular weight is 219 g/mol. The van der Waals surface area contributed by atoms with E-state index in [0.717, 1.165) is 10.8 Å². The second kappa shape index (κ2) is 4.11. The van der Waals surface area contributed by atoms with E-state index in [1.807, 2.05) is 43.5 Å². The summed E-state index contributed by atoms with van der Waals surface area (Å²) in [7, 11) is 0. The van der Waals surface area contributed by atoms with Crippen LogP contribution in [0, 0.1) is 0 Å². The van der Waals surface area contributed by atoms with Gasteiger partial charge in [-0.3, -0.25) is 4.79 Å². The monoisotopic (exact) mass is 219 g/mol. The molecule has 1 atom stereocenters. The SMILES string of the molecule is CC(CS)n1ccc2ccccc2c1=O. The second-order valence-corrected chi connectivity index (χ2v) is 4.01. The van der Waals surface area contributed by atoms with Crippen molar-refractivity contribution >= 4 is 23.4 Å². The Balaban J connectivity index is 2.71. The summed E-state index contributed by atoms with van der Waals surface area (Å²) >= 11 is 4.21. The van der Waals surface area contributed by atoms with Gasteiger partial charge in [0.15, 0.2) is 0 Å². The van der Waals surface area contributed by atoms with Crippen molar-refractivity contribution in [1.29, 1.82) is 0 Å². The van der Waals surface area contributed by atoms with Crippen LogP contribution in [-0.2, 0) is 0 Å². The van der Waals surface area contributed by atoms with Crippen LogP contribution >= 0.6 is 12.6 Å². The highest BCUT2D eigenvalue weighted by atomic mass is 32.1. The van der Waals surface area contributed by atoms with Crippen molar-refractivity contribution < 1.29 is 0 Å². The van der Waals surface area contributed by atoms with Crippen LogP contribution in [0.25, 0.3) is 10.8 Å². The zero-order chi connectivity index (χ0) is 10.8. The summed E-state index contributed by atoms with van der Waals surface area (Å²) in [5.74, 6) is 0.665. The molecule has 0 N–H and O–H groups in total. The summed E-state index contributed by atoms with van der Waals surface area (Å²) in [4.78, 5) is 12.1. The molecule has 1 unspecified atom stereocenters. The van der Waals surface area contributed by atoms with E-state index in [1.165, 1.54) is 0 Å². The fraction of sp³-hybridized carbons (Fsp3) is 0.250. The molecule has 2 nitrogen and oxygen atoms in total. The van der Waals surface area contributed by atoms with Gasteiger partial charge in [-0.05, 0) is 24.4 Å². The van der Waals surface area contributed by atoms with Gasteiger partial charge in [0.2, 0.25) is 0 Å². The van der Waals surface area contributed by atoms with Gasteiger partial charge in [-0.25, -0.2) is 0 Å². The first-order valence-corrected chi connectivity index (χ1v) is 5.58. The Morgan fingerprint density at radius 2 is 2.07 bits per heavy atom. The molecule has 0 amide bonds. The molecule has 2 rings (SSSR count). The minimum Gasteiger partial charge on any atom is -0.311 e. The van der Waals surface area contributed by atoms with Gasteiger partial charge in [-0.1, -0.05) is 18.2 Å². The van der Waals surface area contributed by atoms with E-state index < -0.39 is 0 Å². The highest BCUT2D eigenvalue weighted by molar-refractivity contribution is 7.80. The minimum atomic E-state index is 0.0645. The fourth-order valence-corrected chi connectivity index (χ4v) is 1.82. The third-order valence-electron chi connectivity index (χ3n) is 2.58. The smallest absolute Gasteiger partial charge is 0.258 e. The quantitative estimate of drug-likeness (QED) is 0.770. The molecule has 0 saturated heterocycles. The Morgan fingerprint density at radius 3 is 2.80 bits per heavy atom. The normalized spacial score (nSPS) is 12.9. The van der Waals surface area contributed by atoms with Crippen molar-refractivity contribution in [1.82, 2.24) is 4.57 Å². The summed E-state index contributed by atoms with van der Waals surface area (Å²) in [6.45, 7) is 1.99. The molecule has 0 radical (unpaired) electrons. The molecule has 2 aromatic rings. The van der Waals surface area contributed by atoms with Gasteiger partial charge in [-0.2, -0.15) is 12.6 Å². The molecule has 0 aliphatic heterocycles. The van der Waals surface area contributed by atoms with Crippen molar-refractivity contribution in [3.8, 4) is 0 Å². The van der Waals surface area contributed by atoms with Gasteiger partial charge in [0.25, 0.3) is 5.56 Å². The predicted molar refractivity (Wildman–Crippen MR) is 66.8 cm³/mol. The summed E-state index contributed by atoms with van der Waals surface area (Å²) in [6, 6.07) is 9.74. The van der Waals surface area contributed by atoms with Crippen LogP contribution in [0.15, 0.2) is 41.3 Å². The van der Waals surface area contributed by atoms with E-state index in [9.17, 15) is 4.79 Å². The lowest BCUT2D eigenvalue weighted by molar-refractivity contribution is 0.593. The van der Waals surface area contributed by atoms with Gasteiger partial charge >= 0.3 is 0 Å². The molecule has 78 valence electrons. The van der Waals surface area contributed by atoms with Gasteiger partial charge in [0, 0.05) is 23.4 Å². The second-order valence-electron chi connectivity index (χ2n) is 3.65. The third kappa shape index (κ3) is 1.79. The molecule has 0 fully saturated rings. The molecule has 1 aromatic carbocycles. The highest BCUT2D eigenvalue weighted by Gasteiger charge is 2.06. The van der Waals surface area contributed by atoms with Crippen LogP contribution in [0.4, 0.5) is 0 Å². The van der Waals surface area contributed by atoms with Crippen LogP contribution in [0.1, 0.15) is 13.0 Å². The number of aromatic nitrogens is 1. The molecule has 0 aliphatic rings. The average Bonchev–Trinajstić information content (AvgIpc) is 2.29. The van der Waals surface area contributed by atoms with Gasteiger partial charge in [0.05, 0.1) is 0 Å². The highest BCUT2D eigenvalue weighted by Crippen LogP contribution is 2.11. The summed E-state index contributed by atoms with van der Waals surface area (Å²) in [5, 5.41) is 1.76. The lowest BCUT2D eigenvalue weighted by Gasteiger charge is -2.12. The van der Waals surface area contributed by atoms with Crippen LogP contribution in [0.2, 0.25) is 0 Å². The number of benzene rings is 1. The molecule has 0 saturated carbocycles. The zero-order valence-electron chi connectivity index (χ0n) is 8.55. The minimum absolute atomic E-state index is 0.0645. The maximum Gasteiger partial charge on any atom is 0.258 e. The summed E-state index contributed by atoms with van der Waals surface area (Å²) in [5.41, 5.74) is 0.0645. The number of thiol groups is 1. The zero-order valence-corrected chi connectivity index (χ0v) is 9.45. The van der Waals surface area contributed by atoms with Crippen molar-refractivity contribution in [2.45, 2.75) is 13.0 Å². The first-order chi connectivity index (χ1) is 7.24. The van der Waals surface area contributed by atoms with Crippen LogP contribution in [0.3, 0.4) is 0 Å². The summed E-state index contributed by atoms with van der Waals surface area (Å²) < 4.78 is 1.73. The maximum absolute atomic E-state index is 12.1. The predicted octanol–water partition coefficient (Wildman–Crippen LogP) is 2.49. The van der Waals surface area contributed by atoms with Crippen molar-refractivity contribution in [2.24, 2.45) is 0 Å². The number of pyridine rings is 1. The Kier molecular flexibility index (Phi) is 2.82. The fourth-order valence-electron chi connectivity index (χ4n) is 1.64. The van der Waals surface area contributed by atoms with Crippen molar-refractivity contribution in [2.75, 3.05) is 5.75 Å². The third-order valence-corrected chi connectivity index (χ3v) is 3.11. The molecular formula is C12H13NOS. The van der Waals surface area contributed by atoms with E-state index in [2.05, 4.69) is 12.6 Å². The topological polar surface area (TPSA) is 22.0 Å². The van der Waals surface area contributed by atoms with Crippen molar-refractivity contribution in [3.63, 3.8) is 0 Å². The number of hydrogen-bond donors (Lipinski definition) is 1. The Hall–Kier alpha value is -1.22. The van der Waals surface area contributed by atoms with Gasteiger partial charge in [-0.15, -0.1) is 0 Å². The Morgan fingerprint density at radius 1 is 1.33 bits per heavy atom. The molecule has 0 aliphatic carbocycles. The van der Waals surface area contributed by atoms with Crippen LogP contribution < -0.4 is 5.56 Å². The molecule has 15 heavy (non-hydrogen) atoms. The lowest BCUT2D eigenvalue weighted by atomic mass is 10.1. The molecule has 0 bridgehead atoms. The maximum atomic E-state index is 12.1. The first kappa shape index (κ1) is 10.3. The van der Waals surface area contributed by atoms with Gasteiger partial charge < -0.3 is 4.57 Å². The van der Waals surface area contributed by atoms with Crippen molar-refractivity contribution in [3.05, 3.63) is 46.9 Å². The van der Waals surface area contributed by atoms with Crippen LogP contribution in [-0.4, -0.2) is 10.3 Å². The number of hydrogen-bond acceptors (Lipinski definition) is 2. The largest absolute Gasteiger partial charge is 0.311 e. The number of nitrogens with zero attached hydrogens (tertiary/aromatic N) is 1. The Bertz CT molecular complexity index is 532. The molecule has 3 heteroatoms. The Labute approximate surface area is 94.0 Å².